The Kier molecular flexibility index (Phi) is 3.04. The van der Waals surface area contributed by atoms with Crippen LogP contribution < -0.4 is 4.72 Å². The third kappa shape index (κ3) is 2.33. The second-order valence-corrected chi connectivity index (χ2v) is 5.26. The lowest BCUT2D eigenvalue weighted by Crippen LogP contribution is -2.14. The minimum atomic E-state index is -4.00. The molecule has 0 bridgehead atoms. The first-order chi connectivity index (χ1) is 8.40. The van der Waals surface area contributed by atoms with Gasteiger partial charge in [-0.3, -0.25) is 9.82 Å². The fourth-order valence-electron chi connectivity index (χ4n) is 1.32. The van der Waals surface area contributed by atoms with Crippen molar-refractivity contribution in [3.05, 3.63) is 41.6 Å². The average molecular weight is 273 g/mol. The maximum Gasteiger partial charge on any atom is 0.278 e. The topological polar surface area (TPSA) is 74.8 Å². The summed E-state index contributed by atoms with van der Waals surface area (Å²) in [7, 11) is -4.00. The molecule has 1 aromatic carbocycles. The summed E-state index contributed by atoms with van der Waals surface area (Å²) < 4.78 is 52.2. The third-order valence-corrected chi connectivity index (χ3v) is 3.55. The van der Waals surface area contributed by atoms with Crippen LogP contribution in [0.2, 0.25) is 0 Å². The zero-order chi connectivity index (χ0) is 13.3. The molecular weight excluding hydrogens is 264 g/mol. The van der Waals surface area contributed by atoms with E-state index in [1.165, 1.54) is 19.2 Å². The maximum atomic E-state index is 13.5. The summed E-state index contributed by atoms with van der Waals surface area (Å²) in [5, 5.41) is 5.47. The van der Waals surface area contributed by atoms with Gasteiger partial charge in [0.05, 0.1) is 11.9 Å². The fraction of sp³-hybridized carbons (Fsp3) is 0.100. The van der Waals surface area contributed by atoms with Crippen LogP contribution in [0.5, 0.6) is 0 Å². The van der Waals surface area contributed by atoms with Gasteiger partial charge >= 0.3 is 0 Å². The van der Waals surface area contributed by atoms with Crippen LogP contribution in [0.15, 0.2) is 29.4 Å². The number of hydrogen-bond acceptors (Lipinski definition) is 3. The van der Waals surface area contributed by atoms with Gasteiger partial charge in [0.2, 0.25) is 0 Å². The molecule has 2 aromatic rings. The van der Waals surface area contributed by atoms with Crippen LogP contribution in [0.1, 0.15) is 5.56 Å². The van der Waals surface area contributed by atoms with Gasteiger partial charge in [-0.1, -0.05) is 0 Å². The van der Waals surface area contributed by atoms with Gasteiger partial charge in [-0.05, 0) is 24.6 Å². The summed E-state index contributed by atoms with van der Waals surface area (Å²) in [6.45, 7) is 1.38. The van der Waals surface area contributed by atoms with Crippen molar-refractivity contribution in [1.82, 2.24) is 10.2 Å². The first kappa shape index (κ1) is 12.5. The lowest BCUT2D eigenvalue weighted by atomic mass is 10.2. The smallest absolute Gasteiger partial charge is 0.275 e. The van der Waals surface area contributed by atoms with E-state index in [-0.39, 0.29) is 10.6 Å². The van der Waals surface area contributed by atoms with Gasteiger partial charge in [0.1, 0.15) is 11.6 Å². The molecule has 0 saturated heterocycles. The second-order valence-electron chi connectivity index (χ2n) is 3.61. The van der Waals surface area contributed by atoms with Crippen LogP contribution in [-0.4, -0.2) is 18.6 Å². The Morgan fingerprint density at radius 3 is 2.61 bits per heavy atom. The minimum Gasteiger partial charge on any atom is -0.275 e. The Morgan fingerprint density at radius 2 is 2.00 bits per heavy atom. The molecule has 0 amide bonds. The number of halogens is 2. The highest BCUT2D eigenvalue weighted by Crippen LogP contribution is 2.21. The monoisotopic (exact) mass is 273 g/mol. The number of hydrogen-bond donors (Lipinski definition) is 2. The van der Waals surface area contributed by atoms with Crippen molar-refractivity contribution < 1.29 is 17.2 Å². The van der Waals surface area contributed by atoms with Gasteiger partial charge in [-0.2, -0.15) is 13.5 Å². The largest absolute Gasteiger partial charge is 0.278 e. The quantitative estimate of drug-likeness (QED) is 0.895. The first-order valence-corrected chi connectivity index (χ1v) is 6.36. The van der Waals surface area contributed by atoms with E-state index in [0.717, 1.165) is 12.1 Å². The molecule has 96 valence electrons. The average Bonchev–Trinajstić information content (AvgIpc) is 2.79. The standard InChI is InChI=1S/C10H9F2N3O2S/c1-6-4-8(12)9(5-7(6)11)15-18(16,17)10-2-3-13-14-10/h2-5,15H,1H3,(H,13,14). The normalized spacial score (nSPS) is 11.5. The molecule has 0 saturated carbocycles. The highest BCUT2D eigenvalue weighted by atomic mass is 32.2. The summed E-state index contributed by atoms with van der Waals surface area (Å²) in [6.07, 6.45) is 1.24. The number of aromatic nitrogens is 2. The van der Waals surface area contributed by atoms with Crippen molar-refractivity contribution in [2.24, 2.45) is 0 Å². The van der Waals surface area contributed by atoms with Gasteiger partial charge in [-0.25, -0.2) is 8.78 Å². The summed E-state index contributed by atoms with van der Waals surface area (Å²) in [4.78, 5) is 0. The molecule has 0 radical (unpaired) electrons. The van der Waals surface area contributed by atoms with Crippen LogP contribution in [0.4, 0.5) is 14.5 Å². The van der Waals surface area contributed by atoms with Crippen molar-refractivity contribution in [2.45, 2.75) is 11.9 Å². The van der Waals surface area contributed by atoms with E-state index in [0.29, 0.717) is 0 Å². The van der Waals surface area contributed by atoms with Gasteiger partial charge in [0.25, 0.3) is 10.0 Å². The number of aromatic amines is 1. The molecule has 0 aliphatic carbocycles. The van der Waals surface area contributed by atoms with E-state index in [9.17, 15) is 17.2 Å². The molecule has 8 heteroatoms. The van der Waals surface area contributed by atoms with Gasteiger partial charge in [0, 0.05) is 6.07 Å². The van der Waals surface area contributed by atoms with E-state index in [4.69, 9.17) is 0 Å². The molecule has 2 rings (SSSR count). The van der Waals surface area contributed by atoms with Crippen molar-refractivity contribution in [3.8, 4) is 0 Å². The molecule has 0 aliphatic rings. The number of benzene rings is 1. The van der Waals surface area contributed by atoms with Crippen LogP contribution in [0, 0.1) is 18.6 Å². The summed E-state index contributed by atoms with van der Waals surface area (Å²) in [5.74, 6) is -1.55. The van der Waals surface area contributed by atoms with Crippen LogP contribution in [0.25, 0.3) is 0 Å². The summed E-state index contributed by atoms with van der Waals surface area (Å²) >= 11 is 0. The number of rotatable bonds is 3. The molecule has 0 fully saturated rings. The Labute approximate surface area is 102 Å². The maximum absolute atomic E-state index is 13.5. The Bertz CT molecular complexity index is 669. The third-order valence-electron chi connectivity index (χ3n) is 2.26. The predicted octanol–water partition coefficient (Wildman–Crippen LogP) is 1.80. The van der Waals surface area contributed by atoms with Crippen molar-refractivity contribution in [2.75, 3.05) is 4.72 Å². The van der Waals surface area contributed by atoms with Crippen molar-refractivity contribution in [3.63, 3.8) is 0 Å². The second kappa shape index (κ2) is 4.37. The Balaban J connectivity index is 2.39. The molecule has 0 unspecified atom stereocenters. The van der Waals surface area contributed by atoms with E-state index >= 15 is 0 Å². The van der Waals surface area contributed by atoms with Crippen molar-refractivity contribution in [1.29, 1.82) is 0 Å². The number of H-pyrrole nitrogens is 1. The molecule has 2 N–H and O–H groups in total. The summed E-state index contributed by atoms with van der Waals surface area (Å²) in [6, 6.07) is 2.91. The number of anilines is 1. The SMILES string of the molecule is Cc1cc(F)c(NS(=O)(=O)c2ccn[nH]2)cc1F. The highest BCUT2D eigenvalue weighted by molar-refractivity contribution is 7.92. The molecule has 0 spiro atoms. The van der Waals surface area contributed by atoms with Crippen LogP contribution in [-0.2, 0) is 10.0 Å². The number of nitrogens with one attached hydrogen (secondary N) is 2. The highest BCUT2D eigenvalue weighted by Gasteiger charge is 2.18. The Morgan fingerprint density at radius 1 is 1.28 bits per heavy atom. The lowest BCUT2D eigenvalue weighted by molar-refractivity contribution is 0.588. The number of aryl methyl sites for hydroxylation is 1. The van der Waals surface area contributed by atoms with E-state index in [1.54, 1.807) is 0 Å². The van der Waals surface area contributed by atoms with Crippen molar-refractivity contribution >= 4 is 15.7 Å². The molecule has 0 aliphatic heterocycles. The molecule has 0 atom stereocenters. The lowest BCUT2D eigenvalue weighted by Gasteiger charge is -2.08. The zero-order valence-electron chi connectivity index (χ0n) is 9.24. The summed E-state index contributed by atoms with van der Waals surface area (Å²) in [5.41, 5.74) is -0.357. The molecular formula is C10H9F2N3O2S. The Hall–Kier alpha value is -1.96. The fourth-order valence-corrected chi connectivity index (χ4v) is 2.29. The van der Waals surface area contributed by atoms with E-state index in [1.807, 2.05) is 4.72 Å². The first-order valence-electron chi connectivity index (χ1n) is 4.88. The molecule has 1 aromatic heterocycles. The molecule has 18 heavy (non-hydrogen) atoms. The number of sulfonamides is 1. The van der Waals surface area contributed by atoms with E-state index in [2.05, 4.69) is 10.2 Å². The van der Waals surface area contributed by atoms with Gasteiger partial charge < -0.3 is 0 Å². The zero-order valence-corrected chi connectivity index (χ0v) is 10.1. The van der Waals surface area contributed by atoms with Crippen LogP contribution >= 0.6 is 0 Å². The predicted molar refractivity (Wildman–Crippen MR) is 60.5 cm³/mol. The number of nitrogens with zero attached hydrogens (tertiary/aromatic N) is 1. The van der Waals surface area contributed by atoms with E-state index < -0.39 is 27.3 Å². The minimum absolute atomic E-state index is 0.0944. The molecule has 1 heterocycles. The van der Waals surface area contributed by atoms with Gasteiger partial charge in [-0.15, -0.1) is 0 Å². The van der Waals surface area contributed by atoms with Gasteiger partial charge in [0.15, 0.2) is 5.03 Å². The van der Waals surface area contributed by atoms with Crippen LogP contribution in [0.3, 0.4) is 0 Å². The molecule has 5 nitrogen and oxygen atoms in total.